The average molecular weight is 368 g/mol. The summed E-state index contributed by atoms with van der Waals surface area (Å²) >= 11 is 3.62. The van der Waals surface area contributed by atoms with E-state index in [0.29, 0.717) is 0 Å². The molecule has 2 rings (SSSR count). The first-order valence-corrected chi connectivity index (χ1v) is 8.59. The molecule has 0 saturated carbocycles. The highest BCUT2D eigenvalue weighted by Gasteiger charge is 2.40. The van der Waals surface area contributed by atoms with E-state index in [1.165, 1.54) is 5.56 Å². The van der Waals surface area contributed by atoms with Crippen LogP contribution in [0.2, 0.25) is 0 Å². The maximum absolute atomic E-state index is 12.9. The number of carbonyl (C=O) groups excluding carboxylic acids is 1. The van der Waals surface area contributed by atoms with Gasteiger partial charge in [0.1, 0.15) is 5.60 Å². The number of para-hydroxylation sites is 1. The lowest BCUT2D eigenvalue weighted by Crippen LogP contribution is -2.52. The second-order valence-corrected chi connectivity index (χ2v) is 8.87. The third kappa shape index (κ3) is 3.65. The van der Waals surface area contributed by atoms with Crippen LogP contribution in [-0.2, 0) is 11.2 Å². The summed E-state index contributed by atoms with van der Waals surface area (Å²) in [5.41, 5.74) is 1.64. The minimum absolute atomic E-state index is 0.0100. The maximum Gasteiger partial charge on any atom is 0.415 e. The van der Waals surface area contributed by atoms with E-state index in [2.05, 4.69) is 42.8 Å². The summed E-state index contributed by atoms with van der Waals surface area (Å²) in [6.45, 7) is 12.2. The summed E-state index contributed by atoms with van der Waals surface area (Å²) in [5, 5.41) is 0. The maximum atomic E-state index is 12.9. The molecule has 0 spiro atoms. The van der Waals surface area contributed by atoms with Crippen LogP contribution in [0.1, 0.15) is 53.5 Å². The summed E-state index contributed by atoms with van der Waals surface area (Å²) < 4.78 is 6.63. The van der Waals surface area contributed by atoms with Crippen LogP contribution in [0.4, 0.5) is 10.5 Å². The molecule has 1 atom stereocenters. The second-order valence-electron chi connectivity index (χ2n) is 8.02. The smallest absolute Gasteiger partial charge is 0.415 e. The van der Waals surface area contributed by atoms with Gasteiger partial charge in [-0.15, -0.1) is 0 Å². The standard InChI is InChI=1S/C18H26BrNO2/c1-17(2,3)14-11-10-12-8-7-9-13(19)15(12)20(14)16(21)22-18(4,5)6/h7-9,14H,10-11H2,1-6H3. The zero-order valence-corrected chi connectivity index (χ0v) is 16.0. The SMILES string of the molecule is CC(C)(C)OC(=O)N1c2c(Br)cccc2CCC1C(C)(C)C. The average Bonchev–Trinajstić information content (AvgIpc) is 2.34. The van der Waals surface area contributed by atoms with Crippen LogP contribution in [0.3, 0.4) is 0 Å². The molecule has 0 bridgehead atoms. The zero-order chi connectivity index (χ0) is 16.7. The lowest BCUT2D eigenvalue weighted by atomic mass is 9.79. The highest BCUT2D eigenvalue weighted by Crippen LogP contribution is 2.42. The predicted molar refractivity (Wildman–Crippen MR) is 94.4 cm³/mol. The number of nitrogens with zero attached hydrogens (tertiary/aromatic N) is 1. The largest absolute Gasteiger partial charge is 0.443 e. The molecule has 1 aliphatic rings. The minimum atomic E-state index is -0.502. The van der Waals surface area contributed by atoms with Crippen LogP contribution >= 0.6 is 15.9 Å². The zero-order valence-electron chi connectivity index (χ0n) is 14.4. The number of rotatable bonds is 0. The molecule has 0 N–H and O–H groups in total. The summed E-state index contributed by atoms with van der Waals surface area (Å²) in [5.74, 6) is 0. The number of amides is 1. The Morgan fingerprint density at radius 1 is 1.23 bits per heavy atom. The Hall–Kier alpha value is -1.03. The molecular formula is C18H26BrNO2. The van der Waals surface area contributed by atoms with E-state index in [0.717, 1.165) is 23.0 Å². The number of hydrogen-bond acceptors (Lipinski definition) is 2. The number of carbonyl (C=O) groups is 1. The van der Waals surface area contributed by atoms with E-state index in [1.54, 1.807) is 0 Å². The van der Waals surface area contributed by atoms with Crippen molar-refractivity contribution in [3.63, 3.8) is 0 Å². The van der Waals surface area contributed by atoms with Gasteiger partial charge in [0, 0.05) is 10.5 Å². The summed E-state index contributed by atoms with van der Waals surface area (Å²) in [6.07, 6.45) is 1.67. The van der Waals surface area contributed by atoms with Crippen molar-refractivity contribution in [2.45, 2.75) is 66.0 Å². The Morgan fingerprint density at radius 2 is 1.86 bits per heavy atom. The van der Waals surface area contributed by atoms with E-state index >= 15 is 0 Å². The van der Waals surface area contributed by atoms with E-state index < -0.39 is 5.60 Å². The van der Waals surface area contributed by atoms with Crippen molar-refractivity contribution < 1.29 is 9.53 Å². The Morgan fingerprint density at radius 3 is 2.41 bits per heavy atom. The van der Waals surface area contributed by atoms with Crippen LogP contribution in [0.15, 0.2) is 22.7 Å². The monoisotopic (exact) mass is 367 g/mol. The lowest BCUT2D eigenvalue weighted by Gasteiger charge is -2.44. The van der Waals surface area contributed by atoms with Crippen LogP contribution in [0.5, 0.6) is 0 Å². The van der Waals surface area contributed by atoms with Crippen LogP contribution < -0.4 is 4.90 Å². The predicted octanol–water partition coefficient (Wildman–Crippen LogP) is 5.55. The number of fused-ring (bicyclic) bond motifs is 1. The molecular weight excluding hydrogens is 342 g/mol. The molecule has 1 aromatic rings. The highest BCUT2D eigenvalue weighted by atomic mass is 79.9. The number of hydrogen-bond donors (Lipinski definition) is 0. The van der Waals surface area contributed by atoms with Crippen LogP contribution in [0.25, 0.3) is 0 Å². The van der Waals surface area contributed by atoms with Gasteiger partial charge in [-0.1, -0.05) is 32.9 Å². The fourth-order valence-electron chi connectivity index (χ4n) is 2.96. The normalized spacial score (nSPS) is 18.9. The second kappa shape index (κ2) is 5.88. The van der Waals surface area contributed by atoms with Gasteiger partial charge in [-0.3, -0.25) is 4.90 Å². The Labute approximate surface area is 142 Å². The van der Waals surface area contributed by atoms with Crippen LogP contribution in [-0.4, -0.2) is 17.7 Å². The number of ether oxygens (including phenoxy) is 1. The Kier molecular flexibility index (Phi) is 4.63. The van der Waals surface area contributed by atoms with Gasteiger partial charge in [-0.2, -0.15) is 0 Å². The molecule has 1 aliphatic heterocycles. The summed E-state index contributed by atoms with van der Waals surface area (Å²) in [6, 6.07) is 6.22. The fraction of sp³-hybridized carbons (Fsp3) is 0.611. The van der Waals surface area contributed by atoms with Gasteiger partial charge in [0.2, 0.25) is 0 Å². The molecule has 0 saturated heterocycles. The van der Waals surface area contributed by atoms with Gasteiger partial charge in [0.05, 0.1) is 5.69 Å². The molecule has 4 heteroatoms. The molecule has 1 aromatic carbocycles. The fourth-order valence-corrected chi connectivity index (χ4v) is 3.56. The number of aryl methyl sites for hydroxylation is 1. The van der Waals surface area contributed by atoms with Gasteiger partial charge in [0.15, 0.2) is 0 Å². The van der Waals surface area contributed by atoms with Crippen LogP contribution in [0, 0.1) is 5.41 Å². The third-order valence-electron chi connectivity index (χ3n) is 3.90. The Bertz CT molecular complexity index is 569. The first-order chi connectivity index (χ1) is 10.0. The van der Waals surface area contributed by atoms with Crippen molar-refractivity contribution in [1.29, 1.82) is 0 Å². The molecule has 1 amide bonds. The summed E-state index contributed by atoms with van der Waals surface area (Å²) in [7, 11) is 0. The number of halogens is 1. The van der Waals surface area contributed by atoms with Crippen molar-refractivity contribution in [2.24, 2.45) is 5.41 Å². The van der Waals surface area contributed by atoms with Gasteiger partial charge >= 0.3 is 6.09 Å². The first-order valence-electron chi connectivity index (χ1n) is 7.80. The molecule has 3 nitrogen and oxygen atoms in total. The number of anilines is 1. The summed E-state index contributed by atoms with van der Waals surface area (Å²) in [4.78, 5) is 14.7. The number of benzene rings is 1. The van der Waals surface area contributed by atoms with Gasteiger partial charge in [0.25, 0.3) is 0 Å². The topological polar surface area (TPSA) is 29.5 Å². The van der Waals surface area contributed by atoms with Crippen molar-refractivity contribution >= 4 is 27.7 Å². The van der Waals surface area contributed by atoms with Gasteiger partial charge < -0.3 is 4.74 Å². The quantitative estimate of drug-likeness (QED) is 0.601. The van der Waals surface area contributed by atoms with E-state index in [9.17, 15) is 4.79 Å². The van der Waals surface area contributed by atoms with E-state index in [4.69, 9.17) is 4.74 Å². The third-order valence-corrected chi connectivity index (χ3v) is 4.54. The van der Waals surface area contributed by atoms with E-state index in [1.807, 2.05) is 37.8 Å². The van der Waals surface area contributed by atoms with Crippen molar-refractivity contribution in [2.75, 3.05) is 4.90 Å². The molecule has 0 aromatic heterocycles. The molecule has 0 fully saturated rings. The van der Waals surface area contributed by atoms with Gasteiger partial charge in [-0.05, 0) is 66.6 Å². The van der Waals surface area contributed by atoms with Crippen molar-refractivity contribution in [3.8, 4) is 0 Å². The lowest BCUT2D eigenvalue weighted by molar-refractivity contribution is 0.0531. The van der Waals surface area contributed by atoms with Crippen molar-refractivity contribution in [1.82, 2.24) is 0 Å². The molecule has 0 radical (unpaired) electrons. The molecule has 122 valence electrons. The molecule has 22 heavy (non-hydrogen) atoms. The Balaban J connectivity index is 2.50. The first kappa shape index (κ1) is 17.3. The van der Waals surface area contributed by atoms with Crippen molar-refractivity contribution in [3.05, 3.63) is 28.2 Å². The van der Waals surface area contributed by atoms with E-state index in [-0.39, 0.29) is 17.6 Å². The molecule has 0 aliphatic carbocycles. The molecule has 1 unspecified atom stereocenters. The minimum Gasteiger partial charge on any atom is -0.443 e. The highest BCUT2D eigenvalue weighted by molar-refractivity contribution is 9.10. The van der Waals surface area contributed by atoms with Gasteiger partial charge in [-0.25, -0.2) is 4.79 Å². The molecule has 1 heterocycles.